The van der Waals surface area contributed by atoms with Gasteiger partial charge in [0, 0.05) is 31.1 Å². The van der Waals surface area contributed by atoms with Crippen LogP contribution in [-0.2, 0) is 24.4 Å². The van der Waals surface area contributed by atoms with Gasteiger partial charge in [0.05, 0.1) is 4.90 Å². The SMILES string of the molecule is Cc1cc(C)c(S(=O)(=O)N[C@@H](CNC(=O)C2=NOC(CCCCNc3nccc4ccccc34)C2)C(=O)O)c(C)c1. The number of rotatable bonds is 13. The summed E-state index contributed by atoms with van der Waals surface area (Å²) in [4.78, 5) is 34.3. The summed E-state index contributed by atoms with van der Waals surface area (Å²) in [5, 5.41) is 21.5. The van der Waals surface area contributed by atoms with E-state index in [1.807, 2.05) is 37.3 Å². The average Bonchev–Trinajstić information content (AvgIpc) is 3.39. The van der Waals surface area contributed by atoms with Crippen LogP contribution in [0, 0.1) is 20.8 Å². The fraction of sp³-hybridized carbons (Fsp3) is 0.379. The van der Waals surface area contributed by atoms with Crippen molar-refractivity contribution in [2.24, 2.45) is 5.16 Å². The third kappa shape index (κ3) is 7.59. The molecule has 1 aliphatic heterocycles. The van der Waals surface area contributed by atoms with Crippen LogP contribution in [0.1, 0.15) is 42.4 Å². The molecule has 1 amide bonds. The molecule has 1 unspecified atom stereocenters. The number of hydrogen-bond donors (Lipinski definition) is 4. The number of fused-ring (bicyclic) bond motifs is 1. The summed E-state index contributed by atoms with van der Waals surface area (Å²) >= 11 is 0. The number of aromatic nitrogens is 1. The van der Waals surface area contributed by atoms with Crippen LogP contribution in [-0.4, -0.2) is 61.3 Å². The number of benzene rings is 2. The lowest BCUT2D eigenvalue weighted by Gasteiger charge is -2.18. The maximum atomic E-state index is 13.0. The van der Waals surface area contributed by atoms with Gasteiger partial charge in [0.1, 0.15) is 23.7 Å². The Morgan fingerprint density at radius 2 is 1.83 bits per heavy atom. The summed E-state index contributed by atoms with van der Waals surface area (Å²) in [6, 6.07) is 11.9. The molecule has 2 atom stereocenters. The number of carbonyl (C=O) groups excluding carboxylic acids is 1. The maximum Gasteiger partial charge on any atom is 0.323 e. The number of oxime groups is 1. The Kier molecular flexibility index (Phi) is 9.56. The summed E-state index contributed by atoms with van der Waals surface area (Å²) in [5.74, 6) is -1.16. The summed E-state index contributed by atoms with van der Waals surface area (Å²) in [6.07, 6.45) is 4.21. The zero-order valence-corrected chi connectivity index (χ0v) is 24.1. The second-order valence-electron chi connectivity index (χ2n) is 10.2. The summed E-state index contributed by atoms with van der Waals surface area (Å²) in [6.45, 7) is 5.44. The van der Waals surface area contributed by atoms with Crippen LogP contribution >= 0.6 is 0 Å². The number of aryl methyl sites for hydroxylation is 3. The first-order chi connectivity index (χ1) is 19.5. The molecule has 218 valence electrons. The smallest absolute Gasteiger partial charge is 0.323 e. The van der Waals surface area contributed by atoms with Crippen LogP contribution in [0.3, 0.4) is 0 Å². The van der Waals surface area contributed by atoms with Gasteiger partial charge >= 0.3 is 5.97 Å². The number of amides is 1. The lowest BCUT2D eigenvalue weighted by atomic mass is 10.1. The van der Waals surface area contributed by atoms with E-state index in [1.54, 1.807) is 32.2 Å². The molecule has 0 saturated heterocycles. The monoisotopic (exact) mass is 581 g/mol. The van der Waals surface area contributed by atoms with Gasteiger partial charge in [-0.1, -0.05) is 47.1 Å². The number of sulfonamides is 1. The number of hydrogen-bond acceptors (Lipinski definition) is 8. The molecule has 0 radical (unpaired) electrons. The molecule has 2 heterocycles. The minimum Gasteiger partial charge on any atom is -0.480 e. The van der Waals surface area contributed by atoms with Gasteiger partial charge < -0.3 is 20.6 Å². The third-order valence-corrected chi connectivity index (χ3v) is 8.63. The standard InChI is InChI=1S/C29H35N5O6S/c1-18-14-19(2)26(20(3)15-18)41(38,39)34-25(29(36)37)17-32-28(35)24-16-22(40-33-24)9-6-7-12-30-27-23-10-5-4-8-21(23)11-13-31-27/h4-5,8,10-11,13-15,22,25,34H,6-7,9,12,16-17H2,1-3H3,(H,30,31)(H,32,35)(H,36,37)/t22?,25-/m0/s1. The van der Waals surface area contributed by atoms with E-state index in [1.165, 1.54) is 0 Å². The lowest BCUT2D eigenvalue weighted by Crippen LogP contribution is -2.49. The van der Waals surface area contributed by atoms with Crippen molar-refractivity contribution in [3.8, 4) is 0 Å². The third-order valence-electron chi connectivity index (χ3n) is 6.85. The molecular weight excluding hydrogens is 546 g/mol. The van der Waals surface area contributed by atoms with Gasteiger partial charge in [-0.3, -0.25) is 9.59 Å². The molecule has 4 N–H and O–H groups in total. The fourth-order valence-corrected chi connectivity index (χ4v) is 6.64. The van der Waals surface area contributed by atoms with Gasteiger partial charge in [-0.2, -0.15) is 4.72 Å². The summed E-state index contributed by atoms with van der Waals surface area (Å²) in [7, 11) is -4.15. The van der Waals surface area contributed by atoms with E-state index in [0.29, 0.717) is 17.5 Å². The van der Waals surface area contributed by atoms with Crippen molar-refractivity contribution in [2.75, 3.05) is 18.4 Å². The van der Waals surface area contributed by atoms with Crippen LogP contribution in [0.15, 0.2) is 58.7 Å². The molecule has 1 aromatic heterocycles. The molecule has 0 aliphatic carbocycles. The normalized spacial score (nSPS) is 15.7. The topological polar surface area (TPSA) is 159 Å². The first-order valence-electron chi connectivity index (χ1n) is 13.5. The van der Waals surface area contributed by atoms with Crippen LogP contribution in [0.5, 0.6) is 0 Å². The Bertz CT molecular complexity index is 1540. The quantitative estimate of drug-likeness (QED) is 0.224. The van der Waals surface area contributed by atoms with Gasteiger partial charge in [0.15, 0.2) is 0 Å². The van der Waals surface area contributed by atoms with E-state index in [0.717, 1.165) is 41.5 Å². The molecule has 0 fully saturated rings. The van der Waals surface area contributed by atoms with Crippen LogP contribution in [0.25, 0.3) is 10.8 Å². The van der Waals surface area contributed by atoms with Crippen molar-refractivity contribution in [1.82, 2.24) is 15.0 Å². The van der Waals surface area contributed by atoms with Crippen molar-refractivity contribution < 1.29 is 28.0 Å². The first kappa shape index (κ1) is 29.9. The van der Waals surface area contributed by atoms with Crippen molar-refractivity contribution in [1.29, 1.82) is 0 Å². The van der Waals surface area contributed by atoms with Crippen molar-refractivity contribution in [3.63, 3.8) is 0 Å². The van der Waals surface area contributed by atoms with Gasteiger partial charge in [-0.15, -0.1) is 0 Å². The minimum atomic E-state index is -4.15. The molecule has 2 aromatic carbocycles. The van der Waals surface area contributed by atoms with Gasteiger partial charge in [0.2, 0.25) is 10.0 Å². The molecule has 0 bridgehead atoms. The Morgan fingerprint density at radius 3 is 2.56 bits per heavy atom. The molecule has 0 saturated carbocycles. The zero-order chi connectivity index (χ0) is 29.6. The second kappa shape index (κ2) is 13.1. The van der Waals surface area contributed by atoms with Crippen molar-refractivity contribution in [2.45, 2.75) is 63.5 Å². The molecular formula is C29H35N5O6S. The minimum absolute atomic E-state index is 0.0284. The molecule has 12 heteroatoms. The van der Waals surface area contributed by atoms with E-state index in [9.17, 15) is 23.1 Å². The van der Waals surface area contributed by atoms with E-state index in [2.05, 4.69) is 25.5 Å². The Hall–Kier alpha value is -4.03. The van der Waals surface area contributed by atoms with E-state index in [-0.39, 0.29) is 23.1 Å². The molecule has 11 nitrogen and oxygen atoms in total. The first-order valence-corrected chi connectivity index (χ1v) is 14.9. The highest BCUT2D eigenvalue weighted by Crippen LogP contribution is 2.23. The van der Waals surface area contributed by atoms with Gasteiger partial charge in [-0.25, -0.2) is 13.4 Å². The van der Waals surface area contributed by atoms with Crippen LogP contribution in [0.4, 0.5) is 5.82 Å². The van der Waals surface area contributed by atoms with Crippen LogP contribution < -0.4 is 15.4 Å². The van der Waals surface area contributed by atoms with Crippen molar-refractivity contribution >= 4 is 44.2 Å². The maximum absolute atomic E-state index is 13.0. The largest absolute Gasteiger partial charge is 0.480 e. The fourth-order valence-electron chi connectivity index (χ4n) is 4.99. The number of carbonyl (C=O) groups is 2. The number of unbranched alkanes of at least 4 members (excludes halogenated alkanes) is 1. The van der Waals surface area contributed by atoms with Crippen molar-refractivity contribution in [3.05, 3.63) is 65.4 Å². The number of aliphatic carboxylic acids is 1. The molecule has 1 aliphatic rings. The summed E-state index contributed by atoms with van der Waals surface area (Å²) < 4.78 is 28.2. The zero-order valence-electron chi connectivity index (χ0n) is 23.3. The average molecular weight is 582 g/mol. The highest BCUT2D eigenvalue weighted by atomic mass is 32.2. The number of anilines is 1. The molecule has 3 aromatic rings. The molecule has 4 rings (SSSR count). The predicted molar refractivity (Wildman–Crippen MR) is 156 cm³/mol. The number of pyridine rings is 1. The highest BCUT2D eigenvalue weighted by Gasteiger charge is 2.30. The van der Waals surface area contributed by atoms with Gasteiger partial charge in [-0.05, 0) is 62.6 Å². The van der Waals surface area contributed by atoms with E-state index >= 15 is 0 Å². The Labute approximate surface area is 239 Å². The number of nitrogens with zero attached hydrogens (tertiary/aromatic N) is 2. The molecule has 41 heavy (non-hydrogen) atoms. The lowest BCUT2D eigenvalue weighted by molar-refractivity contribution is -0.138. The number of nitrogens with one attached hydrogen (secondary N) is 3. The van der Waals surface area contributed by atoms with Crippen LogP contribution in [0.2, 0.25) is 0 Å². The number of carboxylic acid groups (broad SMARTS) is 1. The molecule has 0 spiro atoms. The number of carboxylic acids is 1. The Morgan fingerprint density at radius 1 is 1.10 bits per heavy atom. The Balaban J connectivity index is 1.21. The highest BCUT2D eigenvalue weighted by molar-refractivity contribution is 7.89. The van der Waals surface area contributed by atoms with E-state index in [4.69, 9.17) is 4.84 Å². The summed E-state index contributed by atoms with van der Waals surface area (Å²) in [5.41, 5.74) is 2.06. The second-order valence-corrected chi connectivity index (χ2v) is 11.9. The van der Waals surface area contributed by atoms with Gasteiger partial charge in [0.25, 0.3) is 5.91 Å². The van der Waals surface area contributed by atoms with E-state index < -0.39 is 34.5 Å². The predicted octanol–water partition coefficient (Wildman–Crippen LogP) is 3.44.